The lowest BCUT2D eigenvalue weighted by Gasteiger charge is -2.15. The molecule has 10 heteroatoms. The fourth-order valence-corrected chi connectivity index (χ4v) is 5.54. The Morgan fingerprint density at radius 3 is 2.69 bits per heavy atom. The smallest absolute Gasteiger partial charge is 0.244 e. The van der Waals surface area contributed by atoms with Crippen molar-refractivity contribution >= 4 is 21.6 Å². The molecule has 2 aliphatic heterocycles. The Bertz CT molecular complexity index is 1000. The number of rotatable bonds is 5. The number of nitrogens with zero attached hydrogens (tertiary/aromatic N) is 2. The summed E-state index contributed by atoms with van der Waals surface area (Å²) in [6.45, 7) is 1.82. The van der Waals surface area contributed by atoms with E-state index in [4.69, 9.17) is 4.74 Å². The number of methoxy groups -OCH3 is 1. The number of benzene rings is 1. The molecule has 0 saturated carbocycles. The number of nitrogens with one attached hydrogen (secondary N) is 3. The van der Waals surface area contributed by atoms with E-state index in [1.54, 1.807) is 17.9 Å². The molecule has 0 bridgehead atoms. The van der Waals surface area contributed by atoms with Gasteiger partial charge in [0, 0.05) is 12.1 Å². The Labute approximate surface area is 169 Å². The predicted octanol–water partition coefficient (Wildman–Crippen LogP) is 1.11. The highest BCUT2D eigenvalue weighted by Crippen LogP contribution is 2.28. The van der Waals surface area contributed by atoms with Crippen molar-refractivity contribution in [1.29, 1.82) is 0 Å². The van der Waals surface area contributed by atoms with Gasteiger partial charge in [-0.15, -0.1) is 0 Å². The highest BCUT2D eigenvalue weighted by Gasteiger charge is 2.33. The van der Waals surface area contributed by atoms with E-state index in [-0.39, 0.29) is 29.5 Å². The van der Waals surface area contributed by atoms with Crippen LogP contribution in [0.25, 0.3) is 0 Å². The van der Waals surface area contributed by atoms with Crippen molar-refractivity contribution in [2.24, 2.45) is 0 Å². The summed E-state index contributed by atoms with van der Waals surface area (Å²) in [4.78, 5) is 12.8. The van der Waals surface area contributed by atoms with E-state index < -0.39 is 15.9 Å². The monoisotopic (exact) mass is 419 g/mol. The van der Waals surface area contributed by atoms with E-state index in [0.29, 0.717) is 18.7 Å². The second-order valence-electron chi connectivity index (χ2n) is 7.56. The standard InChI is InChI=1S/C19H25N5O4S/c1-12-9-18(24(23-12)14-7-8-29(26,27)11-14)20-19(25)17-10-16(21-22-17)13-3-5-15(28-2)6-4-13/h3-6,9,14,16-17,21-22H,7-8,10-11H2,1-2H3,(H,20,25). The van der Waals surface area contributed by atoms with Crippen LogP contribution in [-0.4, -0.2) is 48.8 Å². The summed E-state index contributed by atoms with van der Waals surface area (Å²) >= 11 is 0. The van der Waals surface area contributed by atoms with Crippen LogP contribution >= 0.6 is 0 Å². The maximum absolute atomic E-state index is 12.8. The molecule has 4 rings (SSSR count). The molecular formula is C19H25N5O4S. The van der Waals surface area contributed by atoms with Gasteiger partial charge in [0.2, 0.25) is 5.91 Å². The molecule has 1 amide bonds. The molecule has 3 atom stereocenters. The van der Waals surface area contributed by atoms with Gasteiger partial charge in [0.15, 0.2) is 9.84 Å². The first-order valence-corrected chi connectivity index (χ1v) is 11.4. The second-order valence-corrected chi connectivity index (χ2v) is 9.79. The normalized spacial score (nSPS) is 25.8. The molecule has 2 aliphatic rings. The van der Waals surface area contributed by atoms with Crippen molar-refractivity contribution < 1.29 is 17.9 Å². The Balaban J connectivity index is 1.42. The maximum Gasteiger partial charge on any atom is 0.244 e. The van der Waals surface area contributed by atoms with Crippen LogP contribution < -0.4 is 20.9 Å². The average molecular weight is 420 g/mol. The zero-order valence-corrected chi connectivity index (χ0v) is 17.2. The number of hydrazine groups is 1. The molecule has 3 unspecified atom stereocenters. The first kappa shape index (κ1) is 19.9. The first-order chi connectivity index (χ1) is 13.8. The van der Waals surface area contributed by atoms with Crippen molar-refractivity contribution in [3.05, 3.63) is 41.6 Å². The van der Waals surface area contributed by atoms with Crippen LogP contribution in [0.3, 0.4) is 0 Å². The number of aryl methyl sites for hydroxylation is 1. The van der Waals surface area contributed by atoms with Crippen molar-refractivity contribution in [3.63, 3.8) is 0 Å². The zero-order chi connectivity index (χ0) is 20.6. The number of carbonyl (C=O) groups excluding carboxylic acids is 1. The highest BCUT2D eigenvalue weighted by atomic mass is 32.2. The number of hydrogen-bond donors (Lipinski definition) is 3. The third-order valence-electron chi connectivity index (χ3n) is 5.40. The molecular weight excluding hydrogens is 394 g/mol. The van der Waals surface area contributed by atoms with Crippen LogP contribution in [0.1, 0.15) is 36.2 Å². The number of amides is 1. The summed E-state index contributed by atoms with van der Waals surface area (Å²) in [6.07, 6.45) is 1.10. The lowest BCUT2D eigenvalue weighted by atomic mass is 10.0. The van der Waals surface area contributed by atoms with Crippen LogP contribution in [0.2, 0.25) is 0 Å². The number of ether oxygens (including phenoxy) is 1. The molecule has 2 saturated heterocycles. The second kappa shape index (κ2) is 7.77. The van der Waals surface area contributed by atoms with E-state index in [0.717, 1.165) is 17.0 Å². The molecule has 3 heterocycles. The van der Waals surface area contributed by atoms with Gasteiger partial charge in [-0.05, 0) is 37.5 Å². The molecule has 0 aliphatic carbocycles. The summed E-state index contributed by atoms with van der Waals surface area (Å²) in [6, 6.07) is 8.83. The number of hydrogen-bond acceptors (Lipinski definition) is 7. The van der Waals surface area contributed by atoms with Crippen molar-refractivity contribution in [2.75, 3.05) is 23.9 Å². The maximum atomic E-state index is 12.8. The summed E-state index contributed by atoms with van der Waals surface area (Å²) in [5.74, 6) is 1.34. The topological polar surface area (TPSA) is 114 Å². The minimum Gasteiger partial charge on any atom is -0.497 e. The molecule has 3 N–H and O–H groups in total. The molecule has 1 aromatic carbocycles. The fourth-order valence-electron chi connectivity index (χ4n) is 3.85. The molecule has 29 heavy (non-hydrogen) atoms. The van der Waals surface area contributed by atoms with Crippen LogP contribution in [0, 0.1) is 6.92 Å². The van der Waals surface area contributed by atoms with Gasteiger partial charge in [-0.1, -0.05) is 12.1 Å². The molecule has 9 nitrogen and oxygen atoms in total. The SMILES string of the molecule is COc1ccc(C2CC(C(=O)Nc3cc(C)nn3C3CCS(=O)(=O)C3)NN2)cc1. The Kier molecular flexibility index (Phi) is 5.32. The van der Waals surface area contributed by atoms with Gasteiger partial charge in [-0.3, -0.25) is 4.79 Å². The van der Waals surface area contributed by atoms with Crippen LogP contribution in [0.15, 0.2) is 30.3 Å². The van der Waals surface area contributed by atoms with Gasteiger partial charge < -0.3 is 10.1 Å². The first-order valence-electron chi connectivity index (χ1n) is 9.57. The van der Waals surface area contributed by atoms with Gasteiger partial charge >= 0.3 is 0 Å². The Hall–Kier alpha value is -2.43. The van der Waals surface area contributed by atoms with E-state index in [1.807, 2.05) is 31.2 Å². The number of anilines is 1. The predicted molar refractivity (Wildman–Crippen MR) is 108 cm³/mol. The van der Waals surface area contributed by atoms with E-state index >= 15 is 0 Å². The lowest BCUT2D eigenvalue weighted by Crippen LogP contribution is -2.40. The van der Waals surface area contributed by atoms with Gasteiger partial charge in [-0.2, -0.15) is 5.10 Å². The minimum absolute atomic E-state index is 0.00304. The van der Waals surface area contributed by atoms with Crippen molar-refractivity contribution in [2.45, 2.75) is 37.9 Å². The van der Waals surface area contributed by atoms with Gasteiger partial charge in [0.25, 0.3) is 0 Å². The van der Waals surface area contributed by atoms with Crippen LogP contribution in [0.5, 0.6) is 5.75 Å². The molecule has 0 spiro atoms. The highest BCUT2D eigenvalue weighted by molar-refractivity contribution is 7.91. The van der Waals surface area contributed by atoms with Crippen LogP contribution in [0.4, 0.5) is 5.82 Å². The summed E-state index contributed by atoms with van der Waals surface area (Å²) < 4.78 is 30.5. The Morgan fingerprint density at radius 1 is 1.28 bits per heavy atom. The molecule has 1 aromatic heterocycles. The molecule has 156 valence electrons. The number of aromatic nitrogens is 2. The molecule has 2 fully saturated rings. The quantitative estimate of drug-likeness (QED) is 0.665. The third kappa shape index (κ3) is 4.29. The number of sulfone groups is 1. The molecule has 0 radical (unpaired) electrons. The Morgan fingerprint density at radius 2 is 2.03 bits per heavy atom. The van der Waals surface area contributed by atoms with Gasteiger partial charge in [0.05, 0.1) is 30.4 Å². The van der Waals surface area contributed by atoms with Gasteiger partial charge in [0.1, 0.15) is 17.6 Å². The van der Waals surface area contributed by atoms with Crippen LogP contribution in [-0.2, 0) is 14.6 Å². The average Bonchev–Trinajstić information content (AvgIpc) is 3.40. The minimum atomic E-state index is -3.04. The van der Waals surface area contributed by atoms with E-state index in [9.17, 15) is 13.2 Å². The van der Waals surface area contributed by atoms with Gasteiger partial charge in [-0.25, -0.2) is 24.0 Å². The van der Waals surface area contributed by atoms with E-state index in [1.165, 1.54) is 0 Å². The third-order valence-corrected chi connectivity index (χ3v) is 7.15. The summed E-state index contributed by atoms with van der Waals surface area (Å²) in [5.41, 5.74) is 8.00. The van der Waals surface area contributed by atoms with E-state index in [2.05, 4.69) is 21.3 Å². The summed E-state index contributed by atoms with van der Waals surface area (Å²) in [7, 11) is -1.42. The largest absolute Gasteiger partial charge is 0.497 e. The van der Waals surface area contributed by atoms with Crippen molar-refractivity contribution in [1.82, 2.24) is 20.6 Å². The lowest BCUT2D eigenvalue weighted by molar-refractivity contribution is -0.117. The molecule has 2 aromatic rings. The van der Waals surface area contributed by atoms with Crippen molar-refractivity contribution in [3.8, 4) is 5.75 Å². The summed E-state index contributed by atoms with van der Waals surface area (Å²) in [5, 5.41) is 7.32. The number of carbonyl (C=O) groups is 1. The fraction of sp³-hybridized carbons (Fsp3) is 0.474. The zero-order valence-electron chi connectivity index (χ0n) is 16.4.